The number of halogens is 3. The number of hydrogen-bond donors (Lipinski definition) is 4. The Bertz CT molecular complexity index is 619. The SMILES string of the molecule is CCC(CSCc1nc[nH]c1C)NC(N)=NCCCc1cnc[nH]1.Cl.Cl.Cl. The van der Waals surface area contributed by atoms with E-state index < -0.39 is 0 Å². The van der Waals surface area contributed by atoms with Gasteiger partial charge in [-0.3, -0.25) is 4.99 Å². The average Bonchev–Trinajstić information content (AvgIpc) is 3.23. The molecule has 0 bridgehead atoms. The van der Waals surface area contributed by atoms with Gasteiger partial charge in [0.25, 0.3) is 0 Å². The van der Waals surface area contributed by atoms with Crippen LogP contribution in [0, 0.1) is 6.92 Å². The Morgan fingerprint density at radius 3 is 2.67 bits per heavy atom. The number of nitrogens with one attached hydrogen (secondary N) is 3. The van der Waals surface area contributed by atoms with Crippen molar-refractivity contribution in [2.75, 3.05) is 12.3 Å². The fourth-order valence-corrected chi connectivity index (χ4v) is 3.44. The van der Waals surface area contributed by atoms with E-state index in [0.29, 0.717) is 18.5 Å². The van der Waals surface area contributed by atoms with Crippen molar-refractivity contribution >= 4 is 54.9 Å². The summed E-state index contributed by atoms with van der Waals surface area (Å²) in [4.78, 5) is 18.9. The summed E-state index contributed by atoms with van der Waals surface area (Å²) in [5.74, 6) is 2.42. The second-order valence-electron chi connectivity index (χ2n) is 5.69. The van der Waals surface area contributed by atoms with Crippen LogP contribution in [0.2, 0.25) is 0 Å². The number of imidazole rings is 2. The zero-order valence-corrected chi connectivity index (χ0v) is 18.9. The van der Waals surface area contributed by atoms with E-state index in [0.717, 1.165) is 47.8 Å². The highest BCUT2D eigenvalue weighted by atomic mass is 35.5. The lowest BCUT2D eigenvalue weighted by Gasteiger charge is -2.17. The van der Waals surface area contributed by atoms with E-state index in [1.807, 2.05) is 24.9 Å². The summed E-state index contributed by atoms with van der Waals surface area (Å²) in [5, 5.41) is 3.31. The Balaban J connectivity index is 0. The standard InChI is InChI=1S/C16H27N7S.3ClH/c1-3-13(8-24-9-15-12(2)20-11-22-15)23-16(17)19-6-4-5-14-7-18-10-21-14;;;/h7,10-11,13H,3-6,8-9H2,1-2H3,(H,18,21)(H,20,22)(H3,17,19,23);3*1H. The van der Waals surface area contributed by atoms with Gasteiger partial charge in [0.15, 0.2) is 5.96 Å². The van der Waals surface area contributed by atoms with E-state index in [2.05, 4.69) is 37.2 Å². The maximum Gasteiger partial charge on any atom is 0.188 e. The number of aliphatic imine (C=N–C) groups is 1. The summed E-state index contributed by atoms with van der Waals surface area (Å²) in [6, 6.07) is 0.325. The third-order valence-electron chi connectivity index (χ3n) is 3.78. The molecule has 0 amide bonds. The fourth-order valence-electron chi connectivity index (χ4n) is 2.24. The van der Waals surface area contributed by atoms with Crippen LogP contribution in [0.5, 0.6) is 0 Å². The smallest absolute Gasteiger partial charge is 0.188 e. The number of aryl methyl sites for hydroxylation is 2. The number of nitrogens with zero attached hydrogens (tertiary/aromatic N) is 3. The lowest BCUT2D eigenvalue weighted by Crippen LogP contribution is -2.41. The molecule has 0 aliphatic heterocycles. The first-order valence-electron chi connectivity index (χ1n) is 8.29. The first-order valence-corrected chi connectivity index (χ1v) is 9.44. The molecule has 1 unspecified atom stereocenters. The molecule has 2 aromatic heterocycles. The molecule has 0 aromatic carbocycles. The van der Waals surface area contributed by atoms with Gasteiger partial charge in [0.05, 0.1) is 18.3 Å². The molecule has 7 nitrogen and oxygen atoms in total. The zero-order chi connectivity index (χ0) is 17.2. The van der Waals surface area contributed by atoms with Crippen LogP contribution in [0.25, 0.3) is 0 Å². The minimum absolute atomic E-state index is 0. The molecule has 0 spiro atoms. The molecule has 0 fully saturated rings. The Kier molecular flexibility index (Phi) is 16.6. The average molecular weight is 459 g/mol. The Labute approximate surface area is 183 Å². The maximum atomic E-state index is 5.99. The van der Waals surface area contributed by atoms with E-state index in [4.69, 9.17) is 5.73 Å². The molecule has 2 aromatic rings. The normalized spacial score (nSPS) is 11.7. The quantitative estimate of drug-likeness (QED) is 0.248. The van der Waals surface area contributed by atoms with Crippen LogP contribution in [0.1, 0.15) is 36.8 Å². The molecule has 5 N–H and O–H groups in total. The van der Waals surface area contributed by atoms with Crippen LogP contribution in [-0.2, 0) is 12.2 Å². The Morgan fingerprint density at radius 2 is 2.07 bits per heavy atom. The second-order valence-corrected chi connectivity index (χ2v) is 6.72. The molecule has 0 aliphatic rings. The van der Waals surface area contributed by atoms with E-state index in [1.54, 1.807) is 12.7 Å². The van der Waals surface area contributed by atoms with Crippen molar-refractivity contribution < 1.29 is 0 Å². The largest absolute Gasteiger partial charge is 0.370 e. The predicted molar refractivity (Wildman–Crippen MR) is 122 cm³/mol. The number of aromatic amines is 2. The fraction of sp³-hybridized carbons (Fsp3) is 0.562. The topological polar surface area (TPSA) is 108 Å². The molecule has 0 aliphatic carbocycles. The molecule has 2 rings (SSSR count). The molecule has 0 saturated carbocycles. The summed E-state index contributed by atoms with van der Waals surface area (Å²) < 4.78 is 0. The highest BCUT2D eigenvalue weighted by molar-refractivity contribution is 7.98. The first-order chi connectivity index (χ1) is 11.7. The molecule has 27 heavy (non-hydrogen) atoms. The molecule has 0 saturated heterocycles. The molecular weight excluding hydrogens is 429 g/mol. The van der Waals surface area contributed by atoms with E-state index >= 15 is 0 Å². The monoisotopic (exact) mass is 457 g/mol. The van der Waals surface area contributed by atoms with Crippen LogP contribution >= 0.6 is 49.0 Å². The summed E-state index contributed by atoms with van der Waals surface area (Å²) in [7, 11) is 0. The third-order valence-corrected chi connectivity index (χ3v) is 4.89. The molecule has 1 atom stereocenters. The van der Waals surface area contributed by atoms with Gasteiger partial charge in [-0.25, -0.2) is 9.97 Å². The summed E-state index contributed by atoms with van der Waals surface area (Å²) >= 11 is 1.86. The molecule has 0 radical (unpaired) electrons. The molecule has 156 valence electrons. The van der Waals surface area contributed by atoms with Crippen molar-refractivity contribution in [3.8, 4) is 0 Å². The summed E-state index contributed by atoms with van der Waals surface area (Å²) in [6.07, 6.45) is 8.19. The highest BCUT2D eigenvalue weighted by Gasteiger charge is 2.08. The number of guanidine groups is 1. The van der Waals surface area contributed by atoms with Crippen LogP contribution in [0.3, 0.4) is 0 Å². The number of H-pyrrole nitrogens is 2. The van der Waals surface area contributed by atoms with Gasteiger partial charge in [0.2, 0.25) is 0 Å². The Morgan fingerprint density at radius 1 is 1.30 bits per heavy atom. The number of nitrogens with two attached hydrogens (primary N) is 1. The zero-order valence-electron chi connectivity index (χ0n) is 15.6. The molecule has 2 heterocycles. The number of aromatic nitrogens is 4. The van der Waals surface area contributed by atoms with Crippen molar-refractivity contribution in [1.82, 2.24) is 25.3 Å². The highest BCUT2D eigenvalue weighted by Crippen LogP contribution is 2.14. The summed E-state index contributed by atoms with van der Waals surface area (Å²) in [6.45, 7) is 4.92. The number of thioether (sulfide) groups is 1. The second kappa shape index (κ2) is 15.9. The van der Waals surface area contributed by atoms with Crippen LogP contribution in [0.4, 0.5) is 0 Å². The lowest BCUT2D eigenvalue weighted by atomic mass is 10.2. The maximum absolute atomic E-state index is 5.99. The predicted octanol–water partition coefficient (Wildman–Crippen LogP) is 3.26. The van der Waals surface area contributed by atoms with Crippen molar-refractivity contribution in [3.63, 3.8) is 0 Å². The van der Waals surface area contributed by atoms with E-state index in [9.17, 15) is 0 Å². The van der Waals surface area contributed by atoms with Crippen molar-refractivity contribution in [2.45, 2.75) is 44.9 Å². The number of hydrogen-bond acceptors (Lipinski definition) is 4. The third kappa shape index (κ3) is 10.7. The van der Waals surface area contributed by atoms with Gasteiger partial charge >= 0.3 is 0 Å². The van der Waals surface area contributed by atoms with Gasteiger partial charge in [-0.15, -0.1) is 37.2 Å². The molecular formula is C16H30Cl3N7S. The minimum atomic E-state index is 0. The van der Waals surface area contributed by atoms with Gasteiger partial charge in [-0.1, -0.05) is 6.92 Å². The van der Waals surface area contributed by atoms with Gasteiger partial charge in [-0.2, -0.15) is 11.8 Å². The van der Waals surface area contributed by atoms with E-state index in [-0.39, 0.29) is 37.2 Å². The van der Waals surface area contributed by atoms with Crippen molar-refractivity contribution in [2.24, 2.45) is 10.7 Å². The summed E-state index contributed by atoms with van der Waals surface area (Å²) in [5.41, 5.74) is 9.39. The minimum Gasteiger partial charge on any atom is -0.370 e. The van der Waals surface area contributed by atoms with Crippen LogP contribution in [0.15, 0.2) is 23.8 Å². The van der Waals surface area contributed by atoms with E-state index in [1.165, 1.54) is 0 Å². The van der Waals surface area contributed by atoms with Crippen molar-refractivity contribution in [3.05, 3.63) is 35.9 Å². The van der Waals surface area contributed by atoms with Crippen LogP contribution < -0.4 is 11.1 Å². The lowest BCUT2D eigenvalue weighted by molar-refractivity contribution is 0.644. The van der Waals surface area contributed by atoms with Crippen LogP contribution in [-0.4, -0.2) is 44.2 Å². The van der Waals surface area contributed by atoms with Gasteiger partial charge in [-0.05, 0) is 26.2 Å². The van der Waals surface area contributed by atoms with Gasteiger partial charge in [0, 0.05) is 41.7 Å². The molecule has 11 heteroatoms. The first kappa shape index (κ1) is 28.1. The van der Waals surface area contributed by atoms with Gasteiger partial charge < -0.3 is 21.0 Å². The Hall–Kier alpha value is -1.09. The van der Waals surface area contributed by atoms with Gasteiger partial charge in [0.1, 0.15) is 0 Å². The van der Waals surface area contributed by atoms with Crippen molar-refractivity contribution in [1.29, 1.82) is 0 Å². The number of rotatable bonds is 10.